The topological polar surface area (TPSA) is 29.5 Å². The van der Waals surface area contributed by atoms with Crippen molar-refractivity contribution in [1.82, 2.24) is 4.90 Å². The van der Waals surface area contributed by atoms with Gasteiger partial charge in [-0.2, -0.15) is 13.2 Å². The number of hydrogen-bond acceptors (Lipinski definition) is 2. The van der Waals surface area contributed by atoms with Gasteiger partial charge in [0.2, 0.25) is 0 Å². The van der Waals surface area contributed by atoms with Crippen LogP contribution in [0.5, 0.6) is 5.75 Å². The summed E-state index contributed by atoms with van der Waals surface area (Å²) >= 11 is 0. The molecule has 0 aliphatic heterocycles. The van der Waals surface area contributed by atoms with Gasteiger partial charge in [-0.25, -0.2) is 0 Å². The van der Waals surface area contributed by atoms with E-state index in [1.165, 1.54) is 0 Å². The van der Waals surface area contributed by atoms with Crippen LogP contribution in [0.15, 0.2) is 24.3 Å². The van der Waals surface area contributed by atoms with E-state index < -0.39 is 36.2 Å². The Morgan fingerprint density at radius 2 is 1.46 bits per heavy atom. The van der Waals surface area contributed by atoms with E-state index >= 15 is 0 Å². The van der Waals surface area contributed by atoms with Gasteiger partial charge in [-0.05, 0) is 29.7 Å². The second-order valence-corrected chi connectivity index (χ2v) is 6.41. The van der Waals surface area contributed by atoms with E-state index in [1.54, 1.807) is 20.8 Å². The summed E-state index contributed by atoms with van der Waals surface area (Å²) in [6, 6.07) is 3.75. The molecule has 136 valence electrons. The zero-order chi connectivity index (χ0) is 18.8. The molecule has 9 heteroatoms. The molecule has 24 heavy (non-hydrogen) atoms. The van der Waals surface area contributed by atoms with Crippen molar-refractivity contribution in [3.63, 3.8) is 0 Å². The standard InChI is InChI=1S/C15H17F6NO2/c1-13(2,3)8-22(9-14(16,17)18)12(23)10-4-6-11(7-5-10)24-15(19,20)21/h4-7H,8-9H2,1-3H3. The second kappa shape index (κ2) is 6.90. The maximum absolute atomic E-state index is 12.7. The first kappa shape index (κ1) is 20.1. The SMILES string of the molecule is CC(C)(C)CN(CC(F)(F)F)C(=O)c1ccc(OC(F)(F)F)cc1. The Morgan fingerprint density at radius 3 is 1.83 bits per heavy atom. The molecule has 0 bridgehead atoms. The third kappa shape index (κ3) is 7.56. The van der Waals surface area contributed by atoms with Gasteiger partial charge in [0.15, 0.2) is 0 Å². The molecule has 0 unspecified atom stereocenters. The fourth-order valence-corrected chi connectivity index (χ4v) is 1.97. The first-order valence-corrected chi connectivity index (χ1v) is 6.88. The van der Waals surface area contributed by atoms with Crippen LogP contribution in [-0.4, -0.2) is 36.4 Å². The molecule has 1 rings (SSSR count). The highest BCUT2D eigenvalue weighted by molar-refractivity contribution is 5.94. The number of amides is 1. The Kier molecular flexibility index (Phi) is 5.78. The fraction of sp³-hybridized carbons (Fsp3) is 0.533. The van der Waals surface area contributed by atoms with Crippen molar-refractivity contribution in [1.29, 1.82) is 0 Å². The van der Waals surface area contributed by atoms with Crippen molar-refractivity contribution in [2.24, 2.45) is 5.41 Å². The Morgan fingerprint density at radius 1 is 0.958 bits per heavy atom. The summed E-state index contributed by atoms with van der Waals surface area (Å²) in [6.45, 7) is 3.41. The minimum Gasteiger partial charge on any atom is -0.406 e. The Bertz CT molecular complexity index is 541. The van der Waals surface area contributed by atoms with Crippen molar-refractivity contribution in [2.45, 2.75) is 33.3 Å². The maximum atomic E-state index is 12.7. The van der Waals surface area contributed by atoms with Gasteiger partial charge in [0.05, 0.1) is 0 Å². The Hall–Kier alpha value is -1.93. The first-order chi connectivity index (χ1) is 10.7. The molecule has 0 aromatic heterocycles. The van der Waals surface area contributed by atoms with Crippen molar-refractivity contribution in [3.05, 3.63) is 29.8 Å². The molecule has 1 aromatic rings. The number of alkyl halides is 6. The normalized spacial score (nSPS) is 12.9. The summed E-state index contributed by atoms with van der Waals surface area (Å²) < 4.78 is 77.9. The van der Waals surface area contributed by atoms with Crippen molar-refractivity contribution < 1.29 is 35.9 Å². The smallest absolute Gasteiger partial charge is 0.406 e. The van der Waals surface area contributed by atoms with Crippen LogP contribution in [0.3, 0.4) is 0 Å². The molecular weight excluding hydrogens is 340 g/mol. The van der Waals surface area contributed by atoms with E-state index in [9.17, 15) is 31.1 Å². The highest BCUT2D eigenvalue weighted by atomic mass is 19.4. The van der Waals surface area contributed by atoms with E-state index in [0.29, 0.717) is 4.90 Å². The van der Waals surface area contributed by atoms with Crippen molar-refractivity contribution >= 4 is 5.91 Å². The average molecular weight is 357 g/mol. The van der Waals surface area contributed by atoms with Crippen LogP contribution in [0, 0.1) is 5.41 Å². The van der Waals surface area contributed by atoms with Gasteiger partial charge in [-0.3, -0.25) is 4.79 Å². The average Bonchev–Trinajstić information content (AvgIpc) is 2.32. The lowest BCUT2D eigenvalue weighted by Gasteiger charge is -2.30. The second-order valence-electron chi connectivity index (χ2n) is 6.41. The number of nitrogens with zero attached hydrogens (tertiary/aromatic N) is 1. The third-order valence-electron chi connectivity index (χ3n) is 2.66. The summed E-state index contributed by atoms with van der Waals surface area (Å²) in [7, 11) is 0. The summed E-state index contributed by atoms with van der Waals surface area (Å²) in [6.07, 6.45) is -9.47. The van der Waals surface area contributed by atoms with E-state index in [1.807, 2.05) is 0 Å². The largest absolute Gasteiger partial charge is 0.573 e. The molecule has 0 saturated heterocycles. The number of ether oxygens (including phenoxy) is 1. The van der Waals surface area contributed by atoms with Crippen LogP contribution in [0.1, 0.15) is 31.1 Å². The molecule has 0 fully saturated rings. The number of rotatable bonds is 4. The Labute approximate surface area is 135 Å². The minimum absolute atomic E-state index is 0.155. The monoisotopic (exact) mass is 357 g/mol. The predicted octanol–water partition coefficient (Wildman–Crippen LogP) is 4.64. The van der Waals surface area contributed by atoms with Crippen LogP contribution >= 0.6 is 0 Å². The van der Waals surface area contributed by atoms with Crippen LogP contribution in [0.2, 0.25) is 0 Å². The first-order valence-electron chi connectivity index (χ1n) is 6.88. The summed E-state index contributed by atoms with van der Waals surface area (Å²) in [5.41, 5.74) is -0.738. The molecule has 0 N–H and O–H groups in total. The van der Waals surface area contributed by atoms with Gasteiger partial charge in [0.25, 0.3) is 5.91 Å². The number of carbonyl (C=O) groups excluding carboxylic acids is 1. The highest BCUT2D eigenvalue weighted by Crippen LogP contribution is 2.25. The number of halogens is 6. The minimum atomic E-state index is -4.89. The molecule has 0 radical (unpaired) electrons. The molecule has 3 nitrogen and oxygen atoms in total. The number of benzene rings is 1. The summed E-state index contributed by atoms with van der Waals surface area (Å²) in [4.78, 5) is 12.9. The van der Waals surface area contributed by atoms with Gasteiger partial charge in [-0.15, -0.1) is 13.2 Å². The molecule has 0 aliphatic rings. The van der Waals surface area contributed by atoms with Gasteiger partial charge in [0.1, 0.15) is 12.3 Å². The zero-order valence-electron chi connectivity index (χ0n) is 13.3. The van der Waals surface area contributed by atoms with Gasteiger partial charge in [-0.1, -0.05) is 20.8 Å². The van der Waals surface area contributed by atoms with E-state index in [-0.39, 0.29) is 12.1 Å². The third-order valence-corrected chi connectivity index (χ3v) is 2.66. The molecular formula is C15H17F6NO2. The van der Waals surface area contributed by atoms with Crippen molar-refractivity contribution in [2.75, 3.05) is 13.1 Å². The maximum Gasteiger partial charge on any atom is 0.573 e. The van der Waals surface area contributed by atoms with Crippen molar-refractivity contribution in [3.8, 4) is 5.75 Å². The number of hydrogen-bond donors (Lipinski definition) is 0. The molecule has 0 atom stereocenters. The van der Waals surface area contributed by atoms with Gasteiger partial charge >= 0.3 is 12.5 Å². The zero-order valence-corrected chi connectivity index (χ0v) is 13.3. The van der Waals surface area contributed by atoms with Crippen LogP contribution in [0.4, 0.5) is 26.3 Å². The van der Waals surface area contributed by atoms with E-state index in [0.717, 1.165) is 24.3 Å². The lowest BCUT2D eigenvalue weighted by atomic mass is 9.95. The highest BCUT2D eigenvalue weighted by Gasteiger charge is 2.35. The quantitative estimate of drug-likeness (QED) is 0.735. The van der Waals surface area contributed by atoms with E-state index in [4.69, 9.17) is 0 Å². The van der Waals surface area contributed by atoms with Crippen LogP contribution in [0.25, 0.3) is 0 Å². The molecule has 0 aliphatic carbocycles. The lowest BCUT2D eigenvalue weighted by molar-refractivity contribution is -0.274. The van der Waals surface area contributed by atoms with Crippen LogP contribution in [-0.2, 0) is 0 Å². The summed E-state index contributed by atoms with van der Waals surface area (Å²) in [5.74, 6) is -1.47. The van der Waals surface area contributed by atoms with Gasteiger partial charge < -0.3 is 9.64 Å². The van der Waals surface area contributed by atoms with Gasteiger partial charge in [0, 0.05) is 12.1 Å². The number of carbonyl (C=O) groups is 1. The fourth-order valence-electron chi connectivity index (χ4n) is 1.97. The molecule has 1 aromatic carbocycles. The molecule has 1 amide bonds. The van der Waals surface area contributed by atoms with Crippen LogP contribution < -0.4 is 4.74 Å². The lowest BCUT2D eigenvalue weighted by Crippen LogP contribution is -2.43. The molecule has 0 spiro atoms. The summed E-state index contributed by atoms with van der Waals surface area (Å²) in [5, 5.41) is 0. The molecule has 0 saturated carbocycles. The predicted molar refractivity (Wildman–Crippen MR) is 74.5 cm³/mol. The molecule has 0 heterocycles. The van der Waals surface area contributed by atoms with E-state index in [2.05, 4.69) is 4.74 Å². The Balaban J connectivity index is 2.97.